The summed E-state index contributed by atoms with van der Waals surface area (Å²) in [5, 5.41) is 13.4. The fraction of sp³-hybridized carbons (Fsp3) is 0.692. The summed E-state index contributed by atoms with van der Waals surface area (Å²) in [6, 6.07) is 2.10. The first-order chi connectivity index (χ1) is 8.78. The van der Waals surface area contributed by atoms with E-state index in [0.717, 1.165) is 29.3 Å². The van der Waals surface area contributed by atoms with E-state index < -0.39 is 0 Å². The number of nitrogens with one attached hydrogen (secondary N) is 1. The van der Waals surface area contributed by atoms with Gasteiger partial charge in [0.05, 0.1) is 0 Å². The van der Waals surface area contributed by atoms with Crippen molar-refractivity contribution in [3.05, 3.63) is 10.7 Å². The molecule has 0 saturated heterocycles. The van der Waals surface area contributed by atoms with Crippen molar-refractivity contribution >= 4 is 28.1 Å². The summed E-state index contributed by atoms with van der Waals surface area (Å²) in [6.07, 6.45) is 6.98. The maximum atomic E-state index is 8.98. The van der Waals surface area contributed by atoms with E-state index in [0.29, 0.717) is 10.7 Å². The molecule has 1 N–H and O–H groups in total. The van der Waals surface area contributed by atoms with Gasteiger partial charge in [-0.25, -0.2) is 0 Å². The van der Waals surface area contributed by atoms with E-state index in [9.17, 15) is 0 Å². The monoisotopic (exact) mass is 281 g/mol. The highest BCUT2D eigenvalue weighted by Gasteiger charge is 2.38. The zero-order valence-corrected chi connectivity index (χ0v) is 11.7. The van der Waals surface area contributed by atoms with Gasteiger partial charge in [0.25, 0.3) is 0 Å². The van der Waals surface area contributed by atoms with Crippen LogP contribution in [0.5, 0.6) is 0 Å². The number of fused-ring (bicyclic) bond motifs is 2. The summed E-state index contributed by atoms with van der Waals surface area (Å²) in [6.45, 7) is 0.932. The molecule has 2 fully saturated rings. The van der Waals surface area contributed by atoms with Crippen LogP contribution in [-0.2, 0) is 0 Å². The molecule has 3 nitrogen and oxygen atoms in total. The van der Waals surface area contributed by atoms with Gasteiger partial charge in [-0.3, -0.25) is 0 Å². The van der Waals surface area contributed by atoms with Gasteiger partial charge in [-0.15, -0.1) is 0 Å². The molecule has 5 heteroatoms. The van der Waals surface area contributed by atoms with Crippen molar-refractivity contribution in [1.82, 2.24) is 4.37 Å². The van der Waals surface area contributed by atoms with Crippen molar-refractivity contribution in [3.8, 4) is 6.07 Å². The van der Waals surface area contributed by atoms with Crippen LogP contribution in [0.1, 0.15) is 37.7 Å². The molecule has 0 spiro atoms. The van der Waals surface area contributed by atoms with Crippen molar-refractivity contribution in [2.24, 2.45) is 17.8 Å². The number of halogens is 1. The van der Waals surface area contributed by atoms with Gasteiger partial charge in [0.1, 0.15) is 16.6 Å². The van der Waals surface area contributed by atoms with Crippen LogP contribution >= 0.6 is 23.1 Å². The van der Waals surface area contributed by atoms with Gasteiger partial charge in [-0.2, -0.15) is 9.64 Å². The summed E-state index contributed by atoms with van der Waals surface area (Å²) in [5.41, 5.74) is 0.495. The van der Waals surface area contributed by atoms with Crippen molar-refractivity contribution in [1.29, 1.82) is 5.26 Å². The fourth-order valence-corrected chi connectivity index (χ4v) is 4.55. The second-order valence-corrected chi connectivity index (χ2v) is 6.57. The highest BCUT2D eigenvalue weighted by atomic mass is 35.5. The summed E-state index contributed by atoms with van der Waals surface area (Å²) in [7, 11) is 0. The molecule has 2 saturated carbocycles. The first-order valence-corrected chi connectivity index (χ1v) is 7.72. The first-order valence-electron chi connectivity index (χ1n) is 6.57. The van der Waals surface area contributed by atoms with Crippen molar-refractivity contribution < 1.29 is 0 Å². The Morgan fingerprint density at radius 3 is 3.00 bits per heavy atom. The predicted octanol–water partition coefficient (Wildman–Crippen LogP) is 3.91. The number of nitriles is 1. The molecule has 0 aromatic carbocycles. The standard InChI is InChI=1S/C13H16ClN3S/c14-12-11(7-15)13(18-17-12)16-4-3-10-6-8-1-2-9(10)5-8/h8-10,16H,1-6H2/t8-,9-,10-/m0/s1. The van der Waals surface area contributed by atoms with Gasteiger partial charge in [-0.05, 0) is 55.0 Å². The second-order valence-electron chi connectivity index (χ2n) is 5.44. The molecule has 0 aliphatic heterocycles. The van der Waals surface area contributed by atoms with Gasteiger partial charge < -0.3 is 5.32 Å². The minimum Gasteiger partial charge on any atom is -0.375 e. The Kier molecular flexibility index (Phi) is 3.45. The normalized spacial score (nSPS) is 29.4. The van der Waals surface area contributed by atoms with Gasteiger partial charge >= 0.3 is 0 Å². The van der Waals surface area contributed by atoms with E-state index in [1.165, 1.54) is 43.6 Å². The Hall–Kier alpha value is -0.790. The molecule has 3 rings (SSSR count). The van der Waals surface area contributed by atoms with Crippen LogP contribution in [0.2, 0.25) is 5.15 Å². The SMILES string of the molecule is N#Cc1c(Cl)nsc1NCC[C@H]1C[C@H]2CC[C@H]1C2. The molecule has 1 aromatic heterocycles. The number of rotatable bonds is 4. The quantitative estimate of drug-likeness (QED) is 0.910. The van der Waals surface area contributed by atoms with Crippen LogP contribution in [-0.4, -0.2) is 10.9 Å². The Balaban J connectivity index is 1.51. The average Bonchev–Trinajstić information content (AvgIpc) is 3.05. The minimum atomic E-state index is 0.324. The van der Waals surface area contributed by atoms with Gasteiger partial charge in [0, 0.05) is 6.54 Å². The van der Waals surface area contributed by atoms with E-state index in [1.54, 1.807) is 0 Å². The van der Waals surface area contributed by atoms with E-state index in [2.05, 4.69) is 15.8 Å². The number of anilines is 1. The van der Waals surface area contributed by atoms with Crippen molar-refractivity contribution in [2.75, 3.05) is 11.9 Å². The summed E-state index contributed by atoms with van der Waals surface area (Å²) >= 11 is 7.12. The Labute approximate surface area is 116 Å². The number of hydrogen-bond acceptors (Lipinski definition) is 4. The van der Waals surface area contributed by atoms with Crippen LogP contribution < -0.4 is 5.32 Å². The molecule has 18 heavy (non-hydrogen) atoms. The van der Waals surface area contributed by atoms with E-state index >= 15 is 0 Å². The Morgan fingerprint density at radius 1 is 1.44 bits per heavy atom. The van der Waals surface area contributed by atoms with Gasteiger partial charge in [-0.1, -0.05) is 18.0 Å². The van der Waals surface area contributed by atoms with Gasteiger partial charge in [0.15, 0.2) is 5.15 Å². The lowest BCUT2D eigenvalue weighted by Gasteiger charge is -2.21. The third kappa shape index (κ3) is 2.22. The topological polar surface area (TPSA) is 48.7 Å². The fourth-order valence-electron chi connectivity index (χ4n) is 3.59. The Morgan fingerprint density at radius 2 is 2.33 bits per heavy atom. The second kappa shape index (κ2) is 5.07. The molecule has 1 heterocycles. The van der Waals surface area contributed by atoms with Crippen molar-refractivity contribution in [3.63, 3.8) is 0 Å². The molecule has 2 aliphatic carbocycles. The smallest absolute Gasteiger partial charge is 0.162 e. The van der Waals surface area contributed by atoms with Crippen LogP contribution in [0.25, 0.3) is 0 Å². The molecule has 0 radical (unpaired) electrons. The summed E-state index contributed by atoms with van der Waals surface area (Å²) in [4.78, 5) is 0. The lowest BCUT2D eigenvalue weighted by Crippen LogP contribution is -2.15. The molecule has 0 amide bonds. The van der Waals surface area contributed by atoms with Crippen LogP contribution in [0.4, 0.5) is 5.00 Å². The molecule has 3 atom stereocenters. The summed E-state index contributed by atoms with van der Waals surface area (Å²) < 4.78 is 4.00. The van der Waals surface area contributed by atoms with E-state index in [-0.39, 0.29) is 0 Å². The maximum absolute atomic E-state index is 8.98. The lowest BCUT2D eigenvalue weighted by molar-refractivity contribution is 0.321. The predicted molar refractivity (Wildman–Crippen MR) is 73.9 cm³/mol. The lowest BCUT2D eigenvalue weighted by atomic mass is 9.86. The molecule has 1 aromatic rings. The van der Waals surface area contributed by atoms with Crippen LogP contribution in [0.3, 0.4) is 0 Å². The molecule has 2 bridgehead atoms. The van der Waals surface area contributed by atoms with Crippen LogP contribution in [0.15, 0.2) is 0 Å². The number of nitrogens with zero attached hydrogens (tertiary/aromatic N) is 2. The first kappa shape index (κ1) is 12.3. The molecular weight excluding hydrogens is 266 g/mol. The highest BCUT2D eigenvalue weighted by molar-refractivity contribution is 7.10. The number of aromatic nitrogens is 1. The van der Waals surface area contributed by atoms with E-state index in [1.807, 2.05) is 0 Å². The van der Waals surface area contributed by atoms with Gasteiger partial charge in [0.2, 0.25) is 0 Å². The third-order valence-corrected chi connectivity index (χ3v) is 5.63. The maximum Gasteiger partial charge on any atom is 0.162 e. The molecular formula is C13H16ClN3S. The van der Waals surface area contributed by atoms with Crippen molar-refractivity contribution in [2.45, 2.75) is 32.1 Å². The third-order valence-electron chi connectivity index (χ3n) is 4.45. The highest BCUT2D eigenvalue weighted by Crippen LogP contribution is 2.49. The number of hydrogen-bond donors (Lipinski definition) is 1. The Bertz CT molecular complexity index is 479. The van der Waals surface area contributed by atoms with Crippen LogP contribution in [0, 0.1) is 29.1 Å². The summed E-state index contributed by atoms with van der Waals surface area (Å²) in [5.74, 6) is 2.87. The zero-order chi connectivity index (χ0) is 12.5. The molecule has 2 aliphatic rings. The molecule has 96 valence electrons. The average molecular weight is 282 g/mol. The molecule has 0 unspecified atom stereocenters. The zero-order valence-electron chi connectivity index (χ0n) is 10.2. The van der Waals surface area contributed by atoms with E-state index in [4.69, 9.17) is 16.9 Å². The largest absolute Gasteiger partial charge is 0.375 e. The minimum absolute atomic E-state index is 0.324.